The Balaban J connectivity index is 1.61. The zero-order chi connectivity index (χ0) is 18.7. The van der Waals surface area contributed by atoms with Gasteiger partial charge in [-0.05, 0) is 25.3 Å². The average Bonchev–Trinajstić information content (AvgIpc) is 2.96. The number of carbonyl (C=O) groups excluding carboxylic acids is 1. The first-order chi connectivity index (χ1) is 12.5. The van der Waals surface area contributed by atoms with Gasteiger partial charge in [-0.3, -0.25) is 19.5 Å². The van der Waals surface area contributed by atoms with Crippen molar-refractivity contribution in [3.05, 3.63) is 38.9 Å². The van der Waals surface area contributed by atoms with Crippen molar-refractivity contribution >= 4 is 22.7 Å². The van der Waals surface area contributed by atoms with Crippen LogP contribution in [0.1, 0.15) is 25.7 Å². The van der Waals surface area contributed by atoms with Gasteiger partial charge in [0.1, 0.15) is 0 Å². The van der Waals surface area contributed by atoms with Crippen molar-refractivity contribution in [2.24, 2.45) is 5.92 Å². The Labute approximate surface area is 148 Å². The number of amides is 1. The topological polar surface area (TPSA) is 122 Å². The summed E-state index contributed by atoms with van der Waals surface area (Å²) in [5.41, 5.74) is 0.492. The molecule has 9 nitrogen and oxygen atoms in total. The molecule has 2 heterocycles. The molecule has 1 aliphatic heterocycles. The highest BCUT2D eigenvalue weighted by atomic mass is 16.6. The van der Waals surface area contributed by atoms with Gasteiger partial charge >= 0.3 is 5.76 Å². The molecular formula is C17H18N4O5. The molecule has 26 heavy (non-hydrogen) atoms. The highest BCUT2D eigenvalue weighted by Gasteiger charge is 2.22. The molecule has 0 unspecified atom stereocenters. The lowest BCUT2D eigenvalue weighted by atomic mass is 9.98. The van der Waals surface area contributed by atoms with E-state index in [1.807, 2.05) is 0 Å². The van der Waals surface area contributed by atoms with Crippen LogP contribution in [-0.2, 0) is 11.3 Å². The van der Waals surface area contributed by atoms with Crippen LogP contribution in [0.4, 0.5) is 5.69 Å². The summed E-state index contributed by atoms with van der Waals surface area (Å²) in [6.07, 6.45) is 2.16. The summed E-state index contributed by atoms with van der Waals surface area (Å²) in [5.74, 6) is -0.556. The first-order valence-electron chi connectivity index (χ1n) is 8.45. The minimum atomic E-state index is -0.595. The number of nitro groups is 1. The first kappa shape index (κ1) is 17.7. The molecule has 1 aromatic carbocycles. The Morgan fingerprint density at radius 3 is 2.77 bits per heavy atom. The van der Waals surface area contributed by atoms with E-state index in [2.05, 4.69) is 6.07 Å². The molecule has 3 rings (SSSR count). The number of nitriles is 1. The predicted octanol–water partition coefficient (Wildman–Crippen LogP) is 2.05. The molecule has 0 saturated carbocycles. The van der Waals surface area contributed by atoms with Crippen LogP contribution in [-0.4, -0.2) is 33.4 Å². The zero-order valence-corrected chi connectivity index (χ0v) is 14.1. The van der Waals surface area contributed by atoms with Gasteiger partial charge in [0.15, 0.2) is 5.58 Å². The van der Waals surface area contributed by atoms with Gasteiger partial charge in [0.05, 0.1) is 22.6 Å². The van der Waals surface area contributed by atoms with Crippen LogP contribution in [0.25, 0.3) is 11.1 Å². The Morgan fingerprint density at radius 2 is 2.12 bits per heavy atom. The summed E-state index contributed by atoms with van der Waals surface area (Å²) in [6, 6.07) is 6.25. The molecule has 0 atom stereocenters. The van der Waals surface area contributed by atoms with Crippen LogP contribution < -0.4 is 5.76 Å². The summed E-state index contributed by atoms with van der Waals surface area (Å²) in [7, 11) is 0. The van der Waals surface area contributed by atoms with Crippen molar-refractivity contribution in [2.75, 3.05) is 13.1 Å². The number of hydrogen-bond acceptors (Lipinski definition) is 6. The van der Waals surface area contributed by atoms with Crippen LogP contribution in [0.3, 0.4) is 0 Å². The maximum Gasteiger partial charge on any atom is 0.419 e. The number of piperidine rings is 1. The number of likely N-dealkylation sites (tertiary alicyclic amines) is 1. The summed E-state index contributed by atoms with van der Waals surface area (Å²) in [4.78, 5) is 36.2. The van der Waals surface area contributed by atoms with E-state index in [1.165, 1.54) is 22.8 Å². The van der Waals surface area contributed by atoms with E-state index >= 15 is 0 Å². The largest absolute Gasteiger partial charge is 0.419 e. The Hall–Kier alpha value is -3.15. The van der Waals surface area contributed by atoms with Gasteiger partial charge in [-0.1, -0.05) is 0 Å². The minimum Gasteiger partial charge on any atom is -0.407 e. The van der Waals surface area contributed by atoms with Crippen molar-refractivity contribution in [3.63, 3.8) is 0 Å². The van der Waals surface area contributed by atoms with Gasteiger partial charge in [-0.25, -0.2) is 4.79 Å². The van der Waals surface area contributed by atoms with E-state index in [9.17, 15) is 19.7 Å². The molecule has 136 valence electrons. The molecule has 1 fully saturated rings. The van der Waals surface area contributed by atoms with Crippen LogP contribution in [0, 0.1) is 27.4 Å². The second kappa shape index (κ2) is 7.39. The zero-order valence-electron chi connectivity index (χ0n) is 14.1. The van der Waals surface area contributed by atoms with Crippen LogP contribution >= 0.6 is 0 Å². The number of carbonyl (C=O) groups is 1. The molecule has 0 spiro atoms. The second-order valence-corrected chi connectivity index (χ2v) is 6.32. The third kappa shape index (κ3) is 3.59. The normalized spacial score (nSPS) is 15.1. The molecule has 0 N–H and O–H groups in total. The van der Waals surface area contributed by atoms with E-state index in [0.29, 0.717) is 50.8 Å². The fourth-order valence-electron chi connectivity index (χ4n) is 3.18. The SMILES string of the molecule is N#CC1CCN(C(=O)CCCn2c(=O)oc3cc([N+](=O)[O-])ccc32)CC1. The van der Waals surface area contributed by atoms with Gasteiger partial charge < -0.3 is 9.32 Å². The van der Waals surface area contributed by atoms with Gasteiger partial charge in [0, 0.05) is 38.0 Å². The number of nitro benzene ring substituents is 1. The number of benzene rings is 1. The van der Waals surface area contributed by atoms with Gasteiger partial charge in [0.2, 0.25) is 5.91 Å². The van der Waals surface area contributed by atoms with E-state index in [1.54, 1.807) is 4.90 Å². The Bertz CT molecular complexity index is 931. The number of oxazole rings is 1. The summed E-state index contributed by atoms with van der Waals surface area (Å²) in [5, 5.41) is 19.7. The average molecular weight is 358 g/mol. The molecule has 1 aliphatic rings. The number of fused-ring (bicyclic) bond motifs is 1. The smallest absolute Gasteiger partial charge is 0.407 e. The number of hydrogen-bond donors (Lipinski definition) is 0. The summed E-state index contributed by atoms with van der Waals surface area (Å²) in [6.45, 7) is 1.48. The van der Waals surface area contributed by atoms with E-state index in [0.717, 1.165) is 0 Å². The van der Waals surface area contributed by atoms with Gasteiger partial charge in [-0.2, -0.15) is 5.26 Å². The quantitative estimate of drug-likeness (QED) is 0.595. The molecule has 1 aromatic heterocycles. The standard InChI is InChI=1S/C17H18N4O5/c18-11-12-5-8-19(9-6-12)16(22)2-1-7-20-14-4-3-13(21(24)25)10-15(14)26-17(20)23/h3-4,10,12H,1-2,5-9H2. The Morgan fingerprint density at radius 1 is 1.38 bits per heavy atom. The molecule has 9 heteroatoms. The number of aryl methyl sites for hydroxylation is 1. The van der Waals surface area contributed by atoms with Crippen molar-refractivity contribution in [3.8, 4) is 6.07 Å². The molecule has 2 aromatic rings. The number of nitrogens with zero attached hydrogens (tertiary/aromatic N) is 4. The van der Waals surface area contributed by atoms with Crippen LogP contribution in [0.2, 0.25) is 0 Å². The maximum absolute atomic E-state index is 12.2. The highest BCUT2D eigenvalue weighted by molar-refractivity contribution is 5.77. The third-order valence-corrected chi connectivity index (χ3v) is 4.67. The van der Waals surface area contributed by atoms with Gasteiger partial charge in [0.25, 0.3) is 5.69 Å². The molecule has 1 amide bonds. The van der Waals surface area contributed by atoms with E-state index in [4.69, 9.17) is 9.68 Å². The van der Waals surface area contributed by atoms with Crippen molar-refractivity contribution in [2.45, 2.75) is 32.2 Å². The van der Waals surface area contributed by atoms with Crippen molar-refractivity contribution in [1.29, 1.82) is 5.26 Å². The number of aromatic nitrogens is 1. The summed E-state index contributed by atoms with van der Waals surface area (Å²) < 4.78 is 6.45. The molecular weight excluding hydrogens is 340 g/mol. The fourth-order valence-corrected chi connectivity index (χ4v) is 3.18. The molecule has 0 bridgehead atoms. The molecule has 1 saturated heterocycles. The monoisotopic (exact) mass is 358 g/mol. The Kier molecular flexibility index (Phi) is 5.02. The summed E-state index contributed by atoms with van der Waals surface area (Å²) >= 11 is 0. The lowest BCUT2D eigenvalue weighted by Gasteiger charge is -2.29. The molecule has 0 radical (unpaired) electrons. The number of rotatable bonds is 5. The first-order valence-corrected chi connectivity index (χ1v) is 8.45. The van der Waals surface area contributed by atoms with Crippen molar-refractivity contribution < 1.29 is 14.1 Å². The molecule has 0 aliphatic carbocycles. The fraction of sp³-hybridized carbons (Fsp3) is 0.471. The maximum atomic E-state index is 12.2. The predicted molar refractivity (Wildman–Crippen MR) is 91.3 cm³/mol. The highest BCUT2D eigenvalue weighted by Crippen LogP contribution is 2.21. The third-order valence-electron chi connectivity index (χ3n) is 4.67. The van der Waals surface area contributed by atoms with E-state index < -0.39 is 10.7 Å². The minimum absolute atomic E-state index is 0.0119. The number of non-ortho nitro benzene ring substituents is 1. The van der Waals surface area contributed by atoms with Crippen molar-refractivity contribution in [1.82, 2.24) is 9.47 Å². The lowest BCUT2D eigenvalue weighted by Crippen LogP contribution is -2.38. The lowest BCUT2D eigenvalue weighted by molar-refractivity contribution is -0.384. The van der Waals surface area contributed by atoms with E-state index in [-0.39, 0.29) is 23.1 Å². The van der Waals surface area contributed by atoms with Crippen LogP contribution in [0.15, 0.2) is 27.4 Å². The van der Waals surface area contributed by atoms with Crippen LogP contribution in [0.5, 0.6) is 0 Å². The second-order valence-electron chi connectivity index (χ2n) is 6.32. The van der Waals surface area contributed by atoms with Gasteiger partial charge in [-0.15, -0.1) is 0 Å².